The molecule has 0 saturated carbocycles. The Balaban J connectivity index is -0.000000195. The van der Waals surface area contributed by atoms with Gasteiger partial charge in [-0.25, -0.2) is 0 Å². The van der Waals surface area contributed by atoms with E-state index in [9.17, 15) is 4.79 Å². The standard InChI is InChI=1S/C24H36O2.C22H34O.CH4.Al.Li.4H/c1-3-5-6-7-8-9-10-11-12-13-14-15-16-17-18-19-20-21-22-23-24(25)26-4-2;1-2-3-4-5-6-7-8-9-10-11-12-13-14-15-16-17-18-19-20-21-22-23;;;;;;;/h5-6,8-9,11-12,14-15,17-18,20-21H,3-4,7,10,13,16,19,22-23H2,1-2H3;3-4,6-7,9-10,12-13,15-16,18-19,23H,2,5,8,11,14,17,20-22H2,1H3;1H4;;;;;;/q;;;;+1;;;;-1/b6-5-,9-8-,12-11-,15-14-,18-17-,21-20-;4-3-,7-6-,10-9-,13-12-,16-15-,19-18-;;;;;;;. The van der Waals surface area contributed by atoms with Crippen LogP contribution in [0.2, 0.25) is 0 Å². The Hall–Kier alpha value is -2.56. The van der Waals surface area contributed by atoms with Gasteiger partial charge in [0.05, 0.1) is 6.61 Å². The van der Waals surface area contributed by atoms with E-state index in [0.29, 0.717) is 13.0 Å². The molecule has 0 aliphatic rings. The van der Waals surface area contributed by atoms with Crippen LogP contribution in [0.15, 0.2) is 146 Å². The fraction of sp³-hybridized carbons (Fsp3) is 0.468. The molecule has 0 amide bonds. The molecule has 1 N–H and O–H groups in total. The Morgan fingerprint density at radius 2 is 0.712 bits per heavy atom. The maximum absolute atomic E-state index is 11.1. The molecule has 52 heavy (non-hydrogen) atoms. The number of esters is 1. The first kappa shape index (κ1) is 58.7. The van der Waals surface area contributed by atoms with E-state index in [1.807, 2.05) is 13.0 Å². The summed E-state index contributed by atoms with van der Waals surface area (Å²) >= 11 is 0. The average Bonchev–Trinajstić information content (AvgIpc) is 3.10. The fourth-order valence-corrected chi connectivity index (χ4v) is 3.92. The maximum Gasteiger partial charge on any atom is 1.00 e. The van der Waals surface area contributed by atoms with E-state index in [1.54, 1.807) is 0 Å². The SMILES string of the molecule is C.CC/C=C\C/C=C\C/C=C\C/C=C\C/C=C\C/C=C\CCC(=O)OCC.CC/C=C\C/C=C\C/C=C\C/C=C\C/C=C\C/C=C\CCCO.[AlH3].[H-].[Li+]. The van der Waals surface area contributed by atoms with E-state index < -0.39 is 0 Å². The molecule has 0 aliphatic carbocycles. The van der Waals surface area contributed by atoms with Crippen molar-refractivity contribution in [1.29, 1.82) is 0 Å². The minimum atomic E-state index is -0.118. The van der Waals surface area contributed by atoms with Crippen molar-refractivity contribution in [3.05, 3.63) is 146 Å². The molecule has 0 aliphatic heterocycles. The van der Waals surface area contributed by atoms with E-state index in [0.717, 1.165) is 96.3 Å². The molecule has 0 aromatic carbocycles. The summed E-state index contributed by atoms with van der Waals surface area (Å²) in [7, 11) is 0. The smallest absolute Gasteiger partial charge is 1.00 e. The van der Waals surface area contributed by atoms with Gasteiger partial charge in [0.2, 0.25) is 0 Å². The van der Waals surface area contributed by atoms with Crippen LogP contribution in [-0.2, 0) is 9.53 Å². The van der Waals surface area contributed by atoms with Gasteiger partial charge in [0.25, 0.3) is 0 Å². The van der Waals surface area contributed by atoms with Gasteiger partial charge in [-0.05, 0) is 103 Å². The molecule has 0 aromatic heterocycles. The predicted molar refractivity (Wildman–Crippen MR) is 236 cm³/mol. The number of carbonyl (C=O) groups excluding carboxylic acids is 1. The maximum atomic E-state index is 11.1. The van der Waals surface area contributed by atoms with Crippen LogP contribution in [0, 0.1) is 0 Å². The number of aliphatic hydroxyl groups excluding tert-OH is 1. The zero-order valence-corrected chi connectivity index (χ0v) is 32.3. The van der Waals surface area contributed by atoms with E-state index in [4.69, 9.17) is 9.84 Å². The van der Waals surface area contributed by atoms with Gasteiger partial charge in [-0.3, -0.25) is 4.79 Å². The summed E-state index contributed by atoms with van der Waals surface area (Å²) in [5.74, 6) is -0.118. The largest absolute Gasteiger partial charge is 1.00 e. The summed E-state index contributed by atoms with van der Waals surface area (Å²) in [5, 5.41) is 8.64. The molecule has 5 heteroatoms. The minimum Gasteiger partial charge on any atom is -1.00 e. The molecule has 0 aromatic rings. The van der Waals surface area contributed by atoms with Crippen molar-refractivity contribution >= 4 is 23.3 Å². The number of carbonyl (C=O) groups is 1. The molecule has 288 valence electrons. The molecule has 0 atom stereocenters. The minimum absolute atomic E-state index is 0. The molecule has 3 nitrogen and oxygen atoms in total. The number of aliphatic hydroxyl groups is 1. The molecule has 0 fully saturated rings. The van der Waals surface area contributed by atoms with Gasteiger partial charge in [-0.15, -0.1) is 0 Å². The molecular formula is C47H78AlLiO3. The van der Waals surface area contributed by atoms with Gasteiger partial charge in [0, 0.05) is 13.0 Å². The summed E-state index contributed by atoms with van der Waals surface area (Å²) in [5.41, 5.74) is 0. The van der Waals surface area contributed by atoms with Gasteiger partial charge in [0.15, 0.2) is 17.4 Å². The summed E-state index contributed by atoms with van der Waals surface area (Å²) in [6, 6.07) is 0. The predicted octanol–water partition coefficient (Wildman–Crippen LogP) is 10.1. The summed E-state index contributed by atoms with van der Waals surface area (Å²) in [4.78, 5) is 11.1. The number of unbranched alkanes of at least 4 members (excludes halogenated alkanes) is 1. The molecule has 0 spiro atoms. The van der Waals surface area contributed by atoms with Crippen LogP contribution in [0.3, 0.4) is 0 Å². The van der Waals surface area contributed by atoms with E-state index >= 15 is 0 Å². The number of hydrogen-bond donors (Lipinski definition) is 1. The molecule has 0 bridgehead atoms. The molecule has 0 radical (unpaired) electrons. The van der Waals surface area contributed by atoms with Crippen LogP contribution in [-0.4, -0.2) is 41.7 Å². The van der Waals surface area contributed by atoms with Crippen LogP contribution < -0.4 is 18.9 Å². The molecule has 0 unspecified atom stereocenters. The molecule has 0 saturated heterocycles. The Labute approximate surface area is 346 Å². The monoisotopic (exact) mass is 725 g/mol. The van der Waals surface area contributed by atoms with Crippen molar-refractivity contribution in [3.8, 4) is 0 Å². The first-order valence-electron chi connectivity index (χ1n) is 18.8. The Morgan fingerprint density at radius 3 is 0.962 bits per heavy atom. The molecule has 0 heterocycles. The summed E-state index contributed by atoms with van der Waals surface area (Å²) in [6.07, 6.45) is 67.7. The number of hydrogen-bond acceptors (Lipinski definition) is 3. The van der Waals surface area contributed by atoms with Crippen LogP contribution in [0.25, 0.3) is 0 Å². The fourth-order valence-electron chi connectivity index (χ4n) is 3.92. The van der Waals surface area contributed by atoms with Crippen molar-refractivity contribution in [1.82, 2.24) is 0 Å². The van der Waals surface area contributed by atoms with Gasteiger partial charge < -0.3 is 11.3 Å². The van der Waals surface area contributed by atoms with Crippen molar-refractivity contribution in [2.45, 2.75) is 131 Å². The first-order valence-corrected chi connectivity index (χ1v) is 18.8. The zero-order valence-electron chi connectivity index (χ0n) is 33.3. The van der Waals surface area contributed by atoms with Crippen LogP contribution in [0.1, 0.15) is 132 Å². The van der Waals surface area contributed by atoms with Gasteiger partial charge in [-0.1, -0.05) is 167 Å². The van der Waals surface area contributed by atoms with Crippen molar-refractivity contribution in [3.63, 3.8) is 0 Å². The number of allylic oxidation sites excluding steroid dienone is 24. The van der Waals surface area contributed by atoms with Gasteiger partial charge in [-0.2, -0.15) is 0 Å². The van der Waals surface area contributed by atoms with Crippen LogP contribution in [0.5, 0.6) is 0 Å². The Morgan fingerprint density at radius 1 is 0.462 bits per heavy atom. The second-order valence-corrected chi connectivity index (χ2v) is 11.0. The van der Waals surface area contributed by atoms with Crippen molar-refractivity contribution in [2.24, 2.45) is 0 Å². The second-order valence-electron chi connectivity index (χ2n) is 11.0. The Bertz CT molecular complexity index is 1080. The second kappa shape index (κ2) is 57.8. The quantitative estimate of drug-likeness (QED) is 0.0362. The number of rotatable bonds is 29. The summed E-state index contributed by atoms with van der Waals surface area (Å²) < 4.78 is 4.87. The summed E-state index contributed by atoms with van der Waals surface area (Å²) in [6.45, 7) is 6.88. The first-order chi connectivity index (χ1) is 24.2. The normalized spacial score (nSPS) is 12.3. The third kappa shape index (κ3) is 59.6. The van der Waals surface area contributed by atoms with Crippen molar-refractivity contribution < 1.29 is 34.9 Å². The van der Waals surface area contributed by atoms with Gasteiger partial charge in [0.1, 0.15) is 0 Å². The van der Waals surface area contributed by atoms with Gasteiger partial charge >= 0.3 is 24.8 Å². The van der Waals surface area contributed by atoms with Crippen LogP contribution in [0.4, 0.5) is 0 Å². The third-order valence-electron chi connectivity index (χ3n) is 6.54. The van der Waals surface area contributed by atoms with E-state index in [1.165, 1.54) is 0 Å². The third-order valence-corrected chi connectivity index (χ3v) is 6.54. The topological polar surface area (TPSA) is 46.5 Å². The van der Waals surface area contributed by atoms with E-state index in [2.05, 4.69) is 154 Å². The average molecular weight is 725 g/mol. The van der Waals surface area contributed by atoms with Crippen molar-refractivity contribution in [2.75, 3.05) is 13.2 Å². The van der Waals surface area contributed by atoms with E-state index in [-0.39, 0.29) is 57.7 Å². The number of ether oxygens (including phenoxy) is 1. The zero-order chi connectivity index (χ0) is 36.0. The van der Waals surface area contributed by atoms with Crippen LogP contribution >= 0.6 is 0 Å². The Kier molecular flexibility index (Phi) is 65.3. The molecule has 0 rings (SSSR count). The molecular weight excluding hydrogens is 646 g/mol.